The molecule has 0 saturated heterocycles. The fourth-order valence-corrected chi connectivity index (χ4v) is 0.374. The molecular formula is C7H11F. The van der Waals surface area contributed by atoms with Gasteiger partial charge < -0.3 is 0 Å². The monoisotopic (exact) mass is 114 g/mol. The fourth-order valence-electron chi connectivity index (χ4n) is 0.374. The van der Waals surface area contributed by atoms with Gasteiger partial charge in [0.25, 0.3) is 0 Å². The summed E-state index contributed by atoms with van der Waals surface area (Å²) in [5.41, 5.74) is 0. The molecule has 0 aliphatic carbocycles. The highest BCUT2D eigenvalue weighted by atomic mass is 19.1. The van der Waals surface area contributed by atoms with E-state index in [2.05, 4.69) is 0 Å². The van der Waals surface area contributed by atoms with Crippen LogP contribution in [0.5, 0.6) is 0 Å². The first-order chi connectivity index (χ1) is 3.91. The minimum atomic E-state index is -0.350. The summed E-state index contributed by atoms with van der Waals surface area (Å²) >= 11 is 0. The van der Waals surface area contributed by atoms with Crippen LogP contribution in [0.25, 0.3) is 0 Å². The van der Waals surface area contributed by atoms with Gasteiger partial charge in [0, 0.05) is 0 Å². The Kier molecular flexibility index (Phi) is 5.94. The largest absolute Gasteiger partial charge is 0.247 e. The van der Waals surface area contributed by atoms with Crippen molar-refractivity contribution < 1.29 is 4.39 Å². The predicted molar refractivity (Wildman–Crippen MR) is 34.5 cm³/mol. The van der Waals surface area contributed by atoms with Gasteiger partial charge in [-0.1, -0.05) is 24.3 Å². The first-order valence-electron chi connectivity index (χ1n) is 2.74. The third-order valence-electron chi connectivity index (χ3n) is 0.764. The van der Waals surface area contributed by atoms with Crippen LogP contribution in [0.3, 0.4) is 0 Å². The lowest BCUT2D eigenvalue weighted by Gasteiger charge is -1.76. The summed E-state index contributed by atoms with van der Waals surface area (Å²) in [7, 11) is 0. The molecule has 0 aromatic rings. The number of hydrogen-bond donors (Lipinski definition) is 0. The Bertz CT molecular complexity index is 82.4. The van der Waals surface area contributed by atoms with Crippen LogP contribution < -0.4 is 0 Å². The second-order valence-electron chi connectivity index (χ2n) is 1.43. The van der Waals surface area contributed by atoms with Gasteiger partial charge in [-0.25, -0.2) is 4.39 Å². The van der Waals surface area contributed by atoms with E-state index in [0.717, 1.165) is 6.42 Å². The van der Waals surface area contributed by atoms with Gasteiger partial charge in [-0.05, 0) is 13.3 Å². The Morgan fingerprint density at radius 3 is 2.50 bits per heavy atom. The number of halogens is 1. The SMILES string of the molecule is C/C=C/C/C=C\CF. The molecule has 0 aliphatic rings. The molecule has 0 aliphatic heterocycles. The summed E-state index contributed by atoms with van der Waals surface area (Å²) in [6.07, 6.45) is 8.09. The van der Waals surface area contributed by atoms with Crippen molar-refractivity contribution in [1.29, 1.82) is 0 Å². The highest BCUT2D eigenvalue weighted by Crippen LogP contribution is 1.84. The molecule has 0 aromatic heterocycles. The highest BCUT2D eigenvalue weighted by molar-refractivity contribution is 4.90. The minimum Gasteiger partial charge on any atom is -0.247 e. The van der Waals surface area contributed by atoms with Crippen molar-refractivity contribution in [3.05, 3.63) is 24.3 Å². The molecular weight excluding hydrogens is 103 g/mol. The molecule has 46 valence electrons. The van der Waals surface area contributed by atoms with E-state index in [-0.39, 0.29) is 6.67 Å². The van der Waals surface area contributed by atoms with Gasteiger partial charge >= 0.3 is 0 Å². The first-order valence-corrected chi connectivity index (χ1v) is 2.74. The molecule has 0 heterocycles. The first kappa shape index (κ1) is 7.41. The molecule has 0 atom stereocenters. The summed E-state index contributed by atoms with van der Waals surface area (Å²) < 4.78 is 11.3. The molecule has 0 amide bonds. The molecule has 0 unspecified atom stereocenters. The quantitative estimate of drug-likeness (QED) is 0.494. The van der Waals surface area contributed by atoms with Gasteiger partial charge in [0.05, 0.1) is 0 Å². The van der Waals surface area contributed by atoms with Gasteiger partial charge in [-0.2, -0.15) is 0 Å². The van der Waals surface area contributed by atoms with Crippen LogP contribution in [0.2, 0.25) is 0 Å². The average Bonchev–Trinajstić information content (AvgIpc) is 1.81. The molecule has 0 bridgehead atoms. The van der Waals surface area contributed by atoms with E-state index in [9.17, 15) is 4.39 Å². The summed E-state index contributed by atoms with van der Waals surface area (Å²) in [6.45, 7) is 1.60. The number of allylic oxidation sites excluding steroid dienone is 4. The Labute approximate surface area is 49.7 Å². The molecule has 0 nitrogen and oxygen atoms in total. The highest BCUT2D eigenvalue weighted by Gasteiger charge is 1.67. The van der Waals surface area contributed by atoms with Gasteiger partial charge in [-0.3, -0.25) is 0 Å². The maximum Gasteiger partial charge on any atom is 0.108 e. The number of hydrogen-bond acceptors (Lipinski definition) is 0. The zero-order valence-electron chi connectivity index (χ0n) is 5.10. The molecule has 0 rings (SSSR count). The van der Waals surface area contributed by atoms with Crippen LogP contribution in [0.4, 0.5) is 4.39 Å². The molecule has 0 N–H and O–H groups in total. The molecule has 0 fully saturated rings. The van der Waals surface area contributed by atoms with Gasteiger partial charge in [0.1, 0.15) is 6.67 Å². The molecule has 1 heteroatoms. The third kappa shape index (κ3) is 5.41. The Morgan fingerprint density at radius 1 is 1.25 bits per heavy atom. The summed E-state index contributed by atoms with van der Waals surface area (Å²) in [4.78, 5) is 0. The lowest BCUT2D eigenvalue weighted by molar-refractivity contribution is 0.561. The standard InChI is InChI=1S/C7H11F/c1-2-3-4-5-6-7-8/h2-3,5-6H,4,7H2,1H3/b3-2+,6-5-. The smallest absolute Gasteiger partial charge is 0.108 e. The van der Waals surface area contributed by atoms with Gasteiger partial charge in [-0.15, -0.1) is 0 Å². The lowest BCUT2D eigenvalue weighted by Crippen LogP contribution is -1.60. The van der Waals surface area contributed by atoms with E-state index in [0.29, 0.717) is 0 Å². The van der Waals surface area contributed by atoms with Crippen molar-refractivity contribution in [2.24, 2.45) is 0 Å². The topological polar surface area (TPSA) is 0 Å². The second kappa shape index (κ2) is 6.41. The minimum absolute atomic E-state index is 0.350. The molecule has 0 aromatic carbocycles. The van der Waals surface area contributed by atoms with Crippen molar-refractivity contribution in [2.45, 2.75) is 13.3 Å². The third-order valence-corrected chi connectivity index (χ3v) is 0.764. The number of alkyl halides is 1. The van der Waals surface area contributed by atoms with E-state index in [1.165, 1.54) is 6.08 Å². The van der Waals surface area contributed by atoms with E-state index < -0.39 is 0 Å². The van der Waals surface area contributed by atoms with Gasteiger partial charge in [0.15, 0.2) is 0 Å². The van der Waals surface area contributed by atoms with Crippen LogP contribution in [0.15, 0.2) is 24.3 Å². The lowest BCUT2D eigenvalue weighted by atomic mass is 10.3. The van der Waals surface area contributed by atoms with E-state index in [1.54, 1.807) is 6.08 Å². The average molecular weight is 114 g/mol. The zero-order chi connectivity index (χ0) is 6.24. The van der Waals surface area contributed by atoms with E-state index >= 15 is 0 Å². The molecule has 0 saturated carbocycles. The number of rotatable bonds is 3. The maximum absolute atomic E-state index is 11.3. The van der Waals surface area contributed by atoms with Crippen molar-refractivity contribution in [2.75, 3.05) is 6.67 Å². The van der Waals surface area contributed by atoms with Crippen molar-refractivity contribution in [3.8, 4) is 0 Å². The summed E-state index contributed by atoms with van der Waals surface area (Å²) in [6, 6.07) is 0. The predicted octanol–water partition coefficient (Wildman–Crippen LogP) is 2.48. The van der Waals surface area contributed by atoms with Crippen LogP contribution >= 0.6 is 0 Å². The van der Waals surface area contributed by atoms with Crippen LogP contribution in [-0.2, 0) is 0 Å². The Balaban J connectivity index is 3.03. The van der Waals surface area contributed by atoms with Crippen LogP contribution in [-0.4, -0.2) is 6.67 Å². The van der Waals surface area contributed by atoms with Crippen LogP contribution in [0, 0.1) is 0 Å². The summed E-state index contributed by atoms with van der Waals surface area (Å²) in [5.74, 6) is 0. The van der Waals surface area contributed by atoms with Crippen molar-refractivity contribution >= 4 is 0 Å². The van der Waals surface area contributed by atoms with E-state index in [4.69, 9.17) is 0 Å². The molecule has 8 heavy (non-hydrogen) atoms. The van der Waals surface area contributed by atoms with Gasteiger partial charge in [0.2, 0.25) is 0 Å². The normalized spacial score (nSPS) is 11.8. The molecule has 0 radical (unpaired) electrons. The Hall–Kier alpha value is -0.590. The second-order valence-corrected chi connectivity index (χ2v) is 1.43. The maximum atomic E-state index is 11.3. The zero-order valence-corrected chi connectivity index (χ0v) is 5.10. The summed E-state index contributed by atoms with van der Waals surface area (Å²) in [5, 5.41) is 0. The molecule has 0 spiro atoms. The fraction of sp³-hybridized carbons (Fsp3) is 0.429. The van der Waals surface area contributed by atoms with Crippen molar-refractivity contribution in [1.82, 2.24) is 0 Å². The van der Waals surface area contributed by atoms with Crippen molar-refractivity contribution in [3.63, 3.8) is 0 Å². The Morgan fingerprint density at radius 2 is 2.00 bits per heavy atom. The van der Waals surface area contributed by atoms with Crippen LogP contribution in [0.1, 0.15) is 13.3 Å². The van der Waals surface area contributed by atoms with E-state index in [1.807, 2.05) is 19.1 Å².